The smallest absolute Gasteiger partial charge is 0.232 e. The van der Waals surface area contributed by atoms with Gasteiger partial charge in [0.2, 0.25) is 15.9 Å². The van der Waals surface area contributed by atoms with Gasteiger partial charge in [0, 0.05) is 18.7 Å². The molecular formula is C20H26N2O3S. The van der Waals surface area contributed by atoms with Crippen molar-refractivity contribution >= 4 is 27.3 Å². The summed E-state index contributed by atoms with van der Waals surface area (Å²) in [7, 11) is -3.48. The van der Waals surface area contributed by atoms with Crippen molar-refractivity contribution in [1.82, 2.24) is 0 Å². The Kier molecular flexibility index (Phi) is 6.08. The number of benzene rings is 2. The van der Waals surface area contributed by atoms with Crippen molar-refractivity contribution < 1.29 is 13.2 Å². The van der Waals surface area contributed by atoms with Gasteiger partial charge >= 0.3 is 0 Å². The first-order valence-electron chi connectivity index (χ1n) is 8.50. The molecule has 0 fully saturated rings. The molecule has 0 heterocycles. The van der Waals surface area contributed by atoms with Crippen molar-refractivity contribution in [2.45, 2.75) is 34.1 Å². The first kappa shape index (κ1) is 20.0. The lowest BCUT2D eigenvalue weighted by Gasteiger charge is -2.23. The van der Waals surface area contributed by atoms with Gasteiger partial charge in [-0.2, -0.15) is 0 Å². The van der Waals surface area contributed by atoms with E-state index in [2.05, 4.69) is 5.32 Å². The molecule has 0 atom stereocenters. The Balaban J connectivity index is 2.16. The Morgan fingerprint density at radius 2 is 1.54 bits per heavy atom. The topological polar surface area (TPSA) is 66.5 Å². The van der Waals surface area contributed by atoms with Crippen molar-refractivity contribution in [2.75, 3.05) is 22.4 Å². The Morgan fingerprint density at radius 3 is 2.04 bits per heavy atom. The number of amides is 1. The van der Waals surface area contributed by atoms with E-state index in [-0.39, 0.29) is 18.9 Å². The first-order chi connectivity index (χ1) is 12.1. The molecule has 0 unspecified atom stereocenters. The van der Waals surface area contributed by atoms with Crippen LogP contribution in [0, 0.1) is 27.7 Å². The fourth-order valence-corrected chi connectivity index (χ4v) is 3.91. The van der Waals surface area contributed by atoms with Gasteiger partial charge in [-0.25, -0.2) is 8.42 Å². The summed E-state index contributed by atoms with van der Waals surface area (Å²) >= 11 is 0. The van der Waals surface area contributed by atoms with E-state index in [0.717, 1.165) is 34.2 Å². The number of aryl methyl sites for hydroxylation is 4. The summed E-state index contributed by atoms with van der Waals surface area (Å²) in [6, 6.07) is 11.4. The number of para-hydroxylation sites is 1. The van der Waals surface area contributed by atoms with Crippen LogP contribution in [0.2, 0.25) is 0 Å². The molecule has 0 spiro atoms. The second-order valence-electron chi connectivity index (χ2n) is 6.75. The number of carbonyl (C=O) groups is 1. The van der Waals surface area contributed by atoms with Crippen LogP contribution in [-0.2, 0) is 14.8 Å². The summed E-state index contributed by atoms with van der Waals surface area (Å²) in [5.41, 5.74) is 5.29. The molecule has 2 aromatic rings. The third-order valence-corrected chi connectivity index (χ3v) is 5.38. The lowest BCUT2D eigenvalue weighted by atomic mass is 10.1. The molecule has 5 nitrogen and oxygen atoms in total. The molecule has 0 aromatic heterocycles. The van der Waals surface area contributed by atoms with E-state index in [1.807, 2.05) is 64.1 Å². The number of hydrogen-bond donors (Lipinski definition) is 1. The number of carbonyl (C=O) groups excluding carboxylic acids is 1. The Hall–Kier alpha value is -2.34. The monoisotopic (exact) mass is 374 g/mol. The molecule has 140 valence electrons. The normalized spacial score (nSPS) is 11.3. The SMILES string of the molecule is Cc1cc(C)cc(N(CCC(=O)Nc2c(C)cccc2C)S(C)(=O)=O)c1. The zero-order valence-electron chi connectivity index (χ0n) is 16.0. The molecule has 0 aliphatic heterocycles. The molecule has 6 heteroatoms. The van der Waals surface area contributed by atoms with Crippen LogP contribution in [0.15, 0.2) is 36.4 Å². The van der Waals surface area contributed by atoms with Crippen molar-refractivity contribution in [3.05, 3.63) is 58.7 Å². The van der Waals surface area contributed by atoms with E-state index in [1.54, 1.807) is 0 Å². The minimum Gasteiger partial charge on any atom is -0.326 e. The standard InChI is InChI=1S/C20H26N2O3S/c1-14-11-15(2)13-18(12-14)22(26(5,24)25)10-9-19(23)21-20-16(3)7-6-8-17(20)4/h6-8,11-13H,9-10H2,1-5H3,(H,21,23). The maximum absolute atomic E-state index is 12.4. The molecular weight excluding hydrogens is 348 g/mol. The Morgan fingerprint density at radius 1 is 1.00 bits per heavy atom. The van der Waals surface area contributed by atoms with Crippen molar-refractivity contribution in [3.8, 4) is 0 Å². The summed E-state index contributed by atoms with van der Waals surface area (Å²) in [6.45, 7) is 7.80. The third kappa shape index (κ3) is 5.08. The minimum absolute atomic E-state index is 0.0772. The average molecular weight is 375 g/mol. The Labute approximate surface area is 156 Å². The highest BCUT2D eigenvalue weighted by molar-refractivity contribution is 7.92. The van der Waals surface area contributed by atoms with Gasteiger partial charge in [0.05, 0.1) is 11.9 Å². The summed E-state index contributed by atoms with van der Waals surface area (Å²) in [6.07, 6.45) is 1.24. The number of nitrogens with one attached hydrogen (secondary N) is 1. The quantitative estimate of drug-likeness (QED) is 0.838. The number of hydrogen-bond acceptors (Lipinski definition) is 3. The van der Waals surface area contributed by atoms with Gasteiger partial charge in [-0.05, 0) is 62.1 Å². The first-order valence-corrected chi connectivity index (χ1v) is 10.3. The van der Waals surface area contributed by atoms with Gasteiger partial charge in [-0.15, -0.1) is 0 Å². The Bertz CT molecular complexity index is 880. The lowest BCUT2D eigenvalue weighted by molar-refractivity contribution is -0.116. The summed E-state index contributed by atoms with van der Waals surface area (Å²) in [4.78, 5) is 12.4. The highest BCUT2D eigenvalue weighted by atomic mass is 32.2. The molecule has 0 radical (unpaired) electrons. The van der Waals surface area contributed by atoms with Crippen LogP contribution >= 0.6 is 0 Å². The number of anilines is 2. The zero-order valence-corrected chi connectivity index (χ0v) is 16.8. The molecule has 2 aromatic carbocycles. The maximum atomic E-state index is 12.4. The molecule has 0 bridgehead atoms. The zero-order chi connectivity index (χ0) is 19.5. The number of sulfonamides is 1. The van der Waals surface area contributed by atoms with Gasteiger partial charge < -0.3 is 5.32 Å². The average Bonchev–Trinajstić information content (AvgIpc) is 2.49. The molecule has 0 saturated carbocycles. The molecule has 26 heavy (non-hydrogen) atoms. The summed E-state index contributed by atoms with van der Waals surface area (Å²) in [5, 5.41) is 2.90. The van der Waals surface area contributed by atoms with Crippen molar-refractivity contribution in [2.24, 2.45) is 0 Å². The molecule has 0 aliphatic carbocycles. The van der Waals surface area contributed by atoms with Gasteiger partial charge in [0.15, 0.2) is 0 Å². The fourth-order valence-electron chi connectivity index (χ4n) is 3.00. The summed E-state index contributed by atoms with van der Waals surface area (Å²) in [5.74, 6) is -0.208. The van der Waals surface area contributed by atoms with Crippen LogP contribution in [0.5, 0.6) is 0 Å². The molecule has 0 aliphatic rings. The van der Waals surface area contributed by atoms with E-state index in [9.17, 15) is 13.2 Å². The van der Waals surface area contributed by atoms with Crippen LogP contribution in [0.25, 0.3) is 0 Å². The van der Waals surface area contributed by atoms with Gasteiger partial charge in [0.1, 0.15) is 0 Å². The van der Waals surface area contributed by atoms with Gasteiger partial charge in [-0.1, -0.05) is 24.3 Å². The van der Waals surface area contributed by atoms with Crippen molar-refractivity contribution in [1.29, 1.82) is 0 Å². The van der Waals surface area contributed by atoms with Crippen molar-refractivity contribution in [3.63, 3.8) is 0 Å². The van der Waals surface area contributed by atoms with E-state index in [4.69, 9.17) is 0 Å². The predicted octanol–water partition coefficient (Wildman–Crippen LogP) is 3.72. The van der Waals surface area contributed by atoms with E-state index in [1.165, 1.54) is 4.31 Å². The highest BCUT2D eigenvalue weighted by Gasteiger charge is 2.19. The second kappa shape index (κ2) is 7.91. The fraction of sp³-hybridized carbons (Fsp3) is 0.350. The van der Waals surface area contributed by atoms with E-state index < -0.39 is 10.0 Å². The minimum atomic E-state index is -3.48. The third-order valence-electron chi connectivity index (χ3n) is 4.18. The molecule has 2 rings (SSSR count). The molecule has 0 saturated heterocycles. The van der Waals surface area contributed by atoms with E-state index in [0.29, 0.717) is 5.69 Å². The van der Waals surface area contributed by atoms with Crippen LogP contribution < -0.4 is 9.62 Å². The molecule has 1 N–H and O–H groups in total. The van der Waals surface area contributed by atoms with Crippen LogP contribution in [0.3, 0.4) is 0 Å². The largest absolute Gasteiger partial charge is 0.326 e. The highest BCUT2D eigenvalue weighted by Crippen LogP contribution is 2.23. The van der Waals surface area contributed by atoms with Gasteiger partial charge in [0.25, 0.3) is 0 Å². The van der Waals surface area contributed by atoms with Gasteiger partial charge in [-0.3, -0.25) is 9.10 Å². The number of nitrogens with zero attached hydrogens (tertiary/aromatic N) is 1. The lowest BCUT2D eigenvalue weighted by Crippen LogP contribution is -2.33. The van der Waals surface area contributed by atoms with Crippen LogP contribution in [0.4, 0.5) is 11.4 Å². The predicted molar refractivity (Wildman–Crippen MR) is 107 cm³/mol. The number of rotatable bonds is 6. The molecule has 1 amide bonds. The van der Waals surface area contributed by atoms with Crippen LogP contribution in [-0.4, -0.2) is 27.1 Å². The summed E-state index contributed by atoms with van der Waals surface area (Å²) < 4.78 is 25.7. The maximum Gasteiger partial charge on any atom is 0.232 e. The van der Waals surface area contributed by atoms with Crippen LogP contribution in [0.1, 0.15) is 28.7 Å². The van der Waals surface area contributed by atoms with E-state index >= 15 is 0 Å². The second-order valence-corrected chi connectivity index (χ2v) is 8.65.